The van der Waals surface area contributed by atoms with Gasteiger partial charge in [0.05, 0.1) is 18.6 Å². The SMILES string of the molecule is COC(=O)CCCc1ccccc1C[C@@]1(/C=C2\CCCC[C@H]2O)CCCC1=O. The molecule has 3 rings (SSSR count). The van der Waals surface area contributed by atoms with Crippen LogP contribution in [0.5, 0.6) is 0 Å². The monoisotopic (exact) mass is 384 g/mol. The molecule has 0 amide bonds. The molecule has 0 aromatic heterocycles. The van der Waals surface area contributed by atoms with Gasteiger partial charge in [0.15, 0.2) is 0 Å². The van der Waals surface area contributed by atoms with Crippen LogP contribution >= 0.6 is 0 Å². The number of hydrogen-bond donors (Lipinski definition) is 1. The van der Waals surface area contributed by atoms with Crippen molar-refractivity contribution in [2.24, 2.45) is 5.41 Å². The minimum atomic E-state index is -0.480. The third-order valence-electron chi connectivity index (χ3n) is 6.34. The van der Waals surface area contributed by atoms with E-state index in [0.717, 1.165) is 56.9 Å². The molecule has 2 aliphatic carbocycles. The van der Waals surface area contributed by atoms with Gasteiger partial charge in [-0.25, -0.2) is 0 Å². The van der Waals surface area contributed by atoms with Crippen molar-refractivity contribution in [3.63, 3.8) is 0 Å². The van der Waals surface area contributed by atoms with Crippen LogP contribution in [0.4, 0.5) is 0 Å². The molecule has 28 heavy (non-hydrogen) atoms. The molecule has 1 N–H and O–H groups in total. The number of aryl methyl sites for hydroxylation is 1. The number of carbonyl (C=O) groups excluding carboxylic acids is 2. The average Bonchev–Trinajstić information content (AvgIpc) is 3.05. The van der Waals surface area contributed by atoms with Crippen molar-refractivity contribution in [1.82, 2.24) is 0 Å². The smallest absolute Gasteiger partial charge is 0.305 e. The molecule has 0 unspecified atom stereocenters. The Hall–Kier alpha value is -1.94. The first-order chi connectivity index (χ1) is 13.5. The van der Waals surface area contributed by atoms with E-state index in [-0.39, 0.29) is 5.97 Å². The maximum absolute atomic E-state index is 12.9. The molecular formula is C24H32O4. The van der Waals surface area contributed by atoms with Gasteiger partial charge in [0, 0.05) is 12.8 Å². The lowest BCUT2D eigenvalue weighted by atomic mass is 9.74. The molecule has 1 aromatic carbocycles. The Morgan fingerprint density at radius 3 is 2.68 bits per heavy atom. The molecule has 2 atom stereocenters. The summed E-state index contributed by atoms with van der Waals surface area (Å²) < 4.78 is 4.74. The van der Waals surface area contributed by atoms with E-state index in [0.29, 0.717) is 25.0 Å². The van der Waals surface area contributed by atoms with Crippen molar-refractivity contribution < 1.29 is 19.4 Å². The molecule has 2 aliphatic rings. The fourth-order valence-electron chi connectivity index (χ4n) is 4.72. The Morgan fingerprint density at radius 2 is 2.00 bits per heavy atom. The van der Waals surface area contributed by atoms with Gasteiger partial charge in [-0.3, -0.25) is 9.59 Å². The highest BCUT2D eigenvalue weighted by Crippen LogP contribution is 2.42. The highest BCUT2D eigenvalue weighted by molar-refractivity contribution is 5.89. The van der Waals surface area contributed by atoms with Crippen LogP contribution in [0.15, 0.2) is 35.9 Å². The van der Waals surface area contributed by atoms with Gasteiger partial charge in [-0.15, -0.1) is 0 Å². The van der Waals surface area contributed by atoms with Gasteiger partial charge in [0.2, 0.25) is 0 Å². The van der Waals surface area contributed by atoms with Gasteiger partial charge in [-0.05, 0) is 68.1 Å². The lowest BCUT2D eigenvalue weighted by molar-refractivity contribution is -0.140. The van der Waals surface area contributed by atoms with E-state index >= 15 is 0 Å². The second kappa shape index (κ2) is 9.51. The van der Waals surface area contributed by atoms with Crippen LogP contribution in [0.3, 0.4) is 0 Å². The molecule has 0 bridgehead atoms. The molecule has 1 aromatic rings. The zero-order valence-corrected chi connectivity index (χ0v) is 16.9. The number of hydrogen-bond acceptors (Lipinski definition) is 4. The first kappa shape index (κ1) is 20.8. The van der Waals surface area contributed by atoms with E-state index in [1.54, 1.807) is 0 Å². The predicted octanol–water partition coefficient (Wildman–Crippen LogP) is 4.33. The van der Waals surface area contributed by atoms with Gasteiger partial charge in [-0.1, -0.05) is 36.8 Å². The number of aliphatic hydroxyl groups is 1. The van der Waals surface area contributed by atoms with Gasteiger partial charge in [0.25, 0.3) is 0 Å². The summed E-state index contributed by atoms with van der Waals surface area (Å²) in [6.07, 6.45) is 10.6. The van der Waals surface area contributed by atoms with Crippen LogP contribution in [-0.4, -0.2) is 30.1 Å². The van der Waals surface area contributed by atoms with E-state index in [1.807, 2.05) is 12.1 Å². The van der Waals surface area contributed by atoms with Crippen molar-refractivity contribution >= 4 is 11.8 Å². The topological polar surface area (TPSA) is 63.6 Å². The van der Waals surface area contributed by atoms with E-state index < -0.39 is 11.5 Å². The Balaban J connectivity index is 1.81. The normalized spacial score (nSPS) is 26.6. The summed E-state index contributed by atoms with van der Waals surface area (Å²) in [6.45, 7) is 0. The van der Waals surface area contributed by atoms with Gasteiger partial charge in [-0.2, -0.15) is 0 Å². The maximum atomic E-state index is 12.9. The van der Waals surface area contributed by atoms with Crippen LogP contribution in [0.25, 0.3) is 0 Å². The number of allylic oxidation sites excluding steroid dienone is 1. The lowest BCUT2D eigenvalue weighted by Crippen LogP contribution is -2.29. The van der Waals surface area contributed by atoms with Crippen LogP contribution in [0, 0.1) is 5.41 Å². The molecule has 0 aliphatic heterocycles. The Bertz CT molecular complexity index is 736. The molecule has 2 fully saturated rings. The summed E-state index contributed by atoms with van der Waals surface area (Å²) in [6, 6.07) is 8.25. The zero-order valence-electron chi connectivity index (χ0n) is 16.9. The van der Waals surface area contributed by atoms with Crippen LogP contribution in [0.1, 0.15) is 68.9 Å². The summed E-state index contributed by atoms with van der Waals surface area (Å²) in [5.74, 6) is 0.123. The van der Waals surface area contributed by atoms with E-state index in [9.17, 15) is 14.7 Å². The number of rotatable bonds is 7. The van der Waals surface area contributed by atoms with Gasteiger partial charge in [0.1, 0.15) is 5.78 Å². The van der Waals surface area contributed by atoms with Gasteiger partial charge < -0.3 is 9.84 Å². The standard InChI is InChI=1S/C24H32O4/c1-28-23(27)14-6-11-18-8-2-3-9-19(18)16-24(15-7-13-22(24)26)17-20-10-4-5-12-21(20)25/h2-3,8-9,17,21,25H,4-7,10-16H2,1H3/b20-17+/t21-,24-/m1/s1. The van der Waals surface area contributed by atoms with Crippen molar-refractivity contribution in [2.45, 2.75) is 76.7 Å². The fraction of sp³-hybridized carbons (Fsp3) is 0.583. The fourth-order valence-corrected chi connectivity index (χ4v) is 4.72. The highest BCUT2D eigenvalue weighted by atomic mass is 16.5. The number of benzene rings is 1. The van der Waals surface area contributed by atoms with Crippen molar-refractivity contribution in [1.29, 1.82) is 0 Å². The molecule has 4 heteroatoms. The molecule has 0 radical (unpaired) electrons. The highest BCUT2D eigenvalue weighted by Gasteiger charge is 2.41. The van der Waals surface area contributed by atoms with Crippen molar-refractivity contribution in [2.75, 3.05) is 7.11 Å². The second-order valence-electron chi connectivity index (χ2n) is 8.29. The molecule has 0 spiro atoms. The van der Waals surface area contributed by atoms with Crippen LogP contribution < -0.4 is 0 Å². The van der Waals surface area contributed by atoms with Crippen molar-refractivity contribution in [3.05, 3.63) is 47.0 Å². The summed E-state index contributed by atoms with van der Waals surface area (Å²) in [7, 11) is 1.42. The molecule has 0 saturated heterocycles. The maximum Gasteiger partial charge on any atom is 0.305 e. The minimum Gasteiger partial charge on any atom is -0.469 e. The van der Waals surface area contributed by atoms with E-state index in [4.69, 9.17) is 4.74 Å². The first-order valence-electron chi connectivity index (χ1n) is 10.6. The predicted molar refractivity (Wildman–Crippen MR) is 109 cm³/mol. The van der Waals surface area contributed by atoms with E-state index in [2.05, 4.69) is 18.2 Å². The van der Waals surface area contributed by atoms with Crippen LogP contribution in [0.2, 0.25) is 0 Å². The second-order valence-corrected chi connectivity index (χ2v) is 8.29. The summed E-state index contributed by atoms with van der Waals surface area (Å²) in [4.78, 5) is 24.4. The number of esters is 1. The number of methoxy groups -OCH3 is 1. The average molecular weight is 385 g/mol. The Labute approximate surface area is 168 Å². The number of carbonyl (C=O) groups is 2. The Morgan fingerprint density at radius 1 is 1.21 bits per heavy atom. The third-order valence-corrected chi connectivity index (χ3v) is 6.34. The molecule has 152 valence electrons. The number of ketones is 1. The zero-order chi connectivity index (χ0) is 20.0. The Kier molecular flexibility index (Phi) is 7.06. The number of aliphatic hydroxyl groups excluding tert-OH is 1. The van der Waals surface area contributed by atoms with E-state index in [1.165, 1.54) is 18.2 Å². The molecule has 2 saturated carbocycles. The third kappa shape index (κ3) is 4.91. The lowest BCUT2D eigenvalue weighted by Gasteiger charge is -2.29. The number of Topliss-reactive ketones (excluding diaryl/α,β-unsaturated/α-hetero) is 1. The summed E-state index contributed by atoms with van der Waals surface area (Å²) in [5.41, 5.74) is 2.97. The van der Waals surface area contributed by atoms with Crippen molar-refractivity contribution in [3.8, 4) is 0 Å². The van der Waals surface area contributed by atoms with Crippen LogP contribution in [-0.2, 0) is 27.2 Å². The molecule has 4 nitrogen and oxygen atoms in total. The summed E-state index contributed by atoms with van der Waals surface area (Å²) >= 11 is 0. The quantitative estimate of drug-likeness (QED) is 0.561. The largest absolute Gasteiger partial charge is 0.469 e. The molecular weight excluding hydrogens is 352 g/mol. The molecule has 0 heterocycles. The minimum absolute atomic E-state index is 0.184. The van der Waals surface area contributed by atoms with Gasteiger partial charge >= 0.3 is 5.97 Å². The number of ether oxygens (including phenoxy) is 1. The summed E-state index contributed by atoms with van der Waals surface area (Å²) in [5, 5.41) is 10.4. The first-order valence-corrected chi connectivity index (χ1v) is 10.6.